The summed E-state index contributed by atoms with van der Waals surface area (Å²) >= 11 is 1.93. The molecular weight excluding hydrogens is 368 g/mol. The van der Waals surface area contributed by atoms with E-state index in [1.54, 1.807) is 5.57 Å². The van der Waals surface area contributed by atoms with Gasteiger partial charge in [-0.3, -0.25) is 0 Å². The van der Waals surface area contributed by atoms with Crippen molar-refractivity contribution < 1.29 is 0 Å². The third-order valence-corrected chi connectivity index (χ3v) is 7.96. The van der Waals surface area contributed by atoms with Gasteiger partial charge < -0.3 is 0 Å². The predicted molar refractivity (Wildman–Crippen MR) is 133 cm³/mol. The average Bonchev–Trinajstić information content (AvgIpc) is 2.68. The van der Waals surface area contributed by atoms with E-state index in [9.17, 15) is 0 Å². The molecular formula is C28H42S. The highest BCUT2D eigenvalue weighted by Crippen LogP contribution is 2.52. The summed E-state index contributed by atoms with van der Waals surface area (Å²) in [5.74, 6) is 1.06. The Bertz CT molecular complexity index is 712. The zero-order valence-electron chi connectivity index (χ0n) is 19.7. The Hall–Kier alpha value is -1.21. The summed E-state index contributed by atoms with van der Waals surface area (Å²) in [6, 6.07) is 10.7. The Balaban J connectivity index is 1.86. The topological polar surface area (TPSA) is 0 Å². The molecule has 0 radical (unpaired) electrons. The zero-order valence-corrected chi connectivity index (χ0v) is 20.5. The van der Waals surface area contributed by atoms with Crippen LogP contribution in [0, 0.1) is 10.8 Å². The average molecular weight is 411 g/mol. The second kappa shape index (κ2) is 11.3. The van der Waals surface area contributed by atoms with Crippen molar-refractivity contribution in [2.75, 3.05) is 5.75 Å². The van der Waals surface area contributed by atoms with Gasteiger partial charge in [0.1, 0.15) is 0 Å². The smallest absolute Gasteiger partial charge is 0.0163 e. The van der Waals surface area contributed by atoms with Crippen LogP contribution in [0.15, 0.2) is 70.2 Å². The van der Waals surface area contributed by atoms with E-state index in [0.717, 1.165) is 5.75 Å². The van der Waals surface area contributed by atoms with Crippen molar-refractivity contribution in [3.63, 3.8) is 0 Å². The Kier molecular flexibility index (Phi) is 9.34. The minimum Gasteiger partial charge on any atom is -0.122 e. The molecule has 0 N–H and O–H groups in total. The van der Waals surface area contributed by atoms with E-state index in [1.807, 2.05) is 11.8 Å². The molecule has 1 aromatic rings. The zero-order chi connectivity index (χ0) is 21.3. The second-order valence-corrected chi connectivity index (χ2v) is 10.7. The molecule has 1 heteroatoms. The third-order valence-electron chi connectivity index (χ3n) is 7.02. The molecule has 1 atom stereocenters. The van der Waals surface area contributed by atoms with E-state index in [0.29, 0.717) is 5.41 Å². The molecule has 0 amide bonds. The van der Waals surface area contributed by atoms with Crippen molar-refractivity contribution >= 4 is 11.8 Å². The van der Waals surface area contributed by atoms with Crippen LogP contribution in [0.3, 0.4) is 0 Å². The first-order valence-electron chi connectivity index (χ1n) is 11.5. The maximum atomic E-state index is 2.60. The van der Waals surface area contributed by atoms with Gasteiger partial charge in [0.2, 0.25) is 0 Å². The lowest BCUT2D eigenvalue weighted by molar-refractivity contribution is 0.209. The maximum Gasteiger partial charge on any atom is 0.0163 e. The first-order valence-corrected chi connectivity index (χ1v) is 12.5. The number of rotatable bonds is 11. The Morgan fingerprint density at radius 1 is 1.07 bits per heavy atom. The molecule has 1 fully saturated rings. The molecule has 0 nitrogen and oxygen atoms in total. The van der Waals surface area contributed by atoms with Gasteiger partial charge in [0.05, 0.1) is 0 Å². The van der Waals surface area contributed by atoms with Crippen LogP contribution in [0.5, 0.6) is 0 Å². The molecule has 0 saturated heterocycles. The number of hydrogen-bond donors (Lipinski definition) is 0. The van der Waals surface area contributed by atoms with Gasteiger partial charge in [-0.05, 0) is 88.7 Å². The van der Waals surface area contributed by atoms with Crippen molar-refractivity contribution in [3.05, 3.63) is 65.3 Å². The summed E-state index contributed by atoms with van der Waals surface area (Å²) in [4.78, 5) is 1.35. The fraction of sp³-hybridized carbons (Fsp3) is 0.571. The quantitative estimate of drug-likeness (QED) is 0.258. The van der Waals surface area contributed by atoms with Crippen LogP contribution in [-0.4, -0.2) is 5.75 Å². The molecule has 0 aromatic heterocycles. The molecule has 2 rings (SSSR count). The summed E-state index contributed by atoms with van der Waals surface area (Å²) in [7, 11) is 0. The van der Waals surface area contributed by atoms with E-state index < -0.39 is 0 Å². The molecule has 1 aliphatic rings. The van der Waals surface area contributed by atoms with Gasteiger partial charge in [0.15, 0.2) is 0 Å². The van der Waals surface area contributed by atoms with Crippen LogP contribution < -0.4 is 0 Å². The lowest BCUT2D eigenvalue weighted by Crippen LogP contribution is -2.32. The van der Waals surface area contributed by atoms with Crippen LogP contribution in [0.2, 0.25) is 0 Å². The molecule has 1 aliphatic carbocycles. The van der Waals surface area contributed by atoms with Gasteiger partial charge >= 0.3 is 0 Å². The summed E-state index contributed by atoms with van der Waals surface area (Å²) in [6.07, 6.45) is 16.5. The van der Waals surface area contributed by atoms with Gasteiger partial charge in [-0.2, -0.15) is 0 Å². The molecule has 0 heterocycles. The molecule has 0 aliphatic heterocycles. The molecule has 0 spiro atoms. The van der Waals surface area contributed by atoms with Crippen molar-refractivity contribution in [2.24, 2.45) is 10.8 Å². The van der Waals surface area contributed by atoms with Crippen molar-refractivity contribution in [3.8, 4) is 0 Å². The van der Waals surface area contributed by atoms with E-state index in [1.165, 1.54) is 61.0 Å². The highest BCUT2D eigenvalue weighted by Gasteiger charge is 2.39. The van der Waals surface area contributed by atoms with Gasteiger partial charge in [0, 0.05) is 10.6 Å². The van der Waals surface area contributed by atoms with Crippen molar-refractivity contribution in [1.82, 2.24) is 0 Å². The summed E-state index contributed by atoms with van der Waals surface area (Å²) in [5, 5.41) is 0. The minimum absolute atomic E-state index is 0.273. The van der Waals surface area contributed by atoms with Gasteiger partial charge in [-0.1, -0.05) is 73.9 Å². The summed E-state index contributed by atoms with van der Waals surface area (Å²) < 4.78 is 0. The Morgan fingerprint density at radius 3 is 2.38 bits per heavy atom. The fourth-order valence-corrected chi connectivity index (χ4v) is 5.18. The summed E-state index contributed by atoms with van der Waals surface area (Å²) in [6.45, 7) is 14.0. The highest BCUT2D eigenvalue weighted by molar-refractivity contribution is 7.99. The Labute approximate surface area is 185 Å². The van der Waals surface area contributed by atoms with E-state index in [2.05, 4.69) is 90.1 Å². The molecule has 0 bridgehead atoms. The number of hydrogen-bond acceptors (Lipinski definition) is 1. The number of allylic oxidation sites excluding steroid dienone is 5. The van der Waals surface area contributed by atoms with Crippen LogP contribution >= 0.6 is 11.8 Å². The standard InChI is InChI=1S/C28H42S/c1-7-28(20-11-13-23(2)3)21-17-25(28)14-12-19-27(5,6)24(4)18-22-29-26-15-9-8-10-16-26/h8-10,13-16,18H,7,11-12,17,19-22H2,1-6H3/b24-18+,25-14+. The maximum absolute atomic E-state index is 2.60. The normalized spacial score (nSPS) is 21.2. The third kappa shape index (κ3) is 7.21. The highest BCUT2D eigenvalue weighted by atomic mass is 32.2. The number of benzene rings is 1. The second-order valence-electron chi connectivity index (χ2n) is 9.62. The van der Waals surface area contributed by atoms with Crippen molar-refractivity contribution in [1.29, 1.82) is 0 Å². The largest absolute Gasteiger partial charge is 0.122 e. The SMILES string of the molecule is CCC1(CCC=C(C)C)CC/C1=C\CCC(C)(C)/C(C)=C/CSc1ccccc1. The summed E-state index contributed by atoms with van der Waals surface area (Å²) in [5.41, 5.74) is 5.51. The van der Waals surface area contributed by atoms with E-state index >= 15 is 0 Å². The van der Waals surface area contributed by atoms with Gasteiger partial charge in [-0.25, -0.2) is 0 Å². The molecule has 29 heavy (non-hydrogen) atoms. The first-order chi connectivity index (χ1) is 13.8. The minimum atomic E-state index is 0.273. The molecule has 1 unspecified atom stereocenters. The fourth-order valence-electron chi connectivity index (χ4n) is 4.31. The number of thioether (sulfide) groups is 1. The van der Waals surface area contributed by atoms with Crippen LogP contribution in [0.4, 0.5) is 0 Å². The van der Waals surface area contributed by atoms with E-state index in [-0.39, 0.29) is 5.41 Å². The monoisotopic (exact) mass is 410 g/mol. The molecule has 1 saturated carbocycles. The van der Waals surface area contributed by atoms with Crippen LogP contribution in [-0.2, 0) is 0 Å². The molecule has 1 aromatic carbocycles. The van der Waals surface area contributed by atoms with Crippen LogP contribution in [0.25, 0.3) is 0 Å². The first kappa shape index (κ1) is 24.1. The lowest BCUT2D eigenvalue weighted by atomic mass is 9.60. The Morgan fingerprint density at radius 2 is 1.79 bits per heavy atom. The van der Waals surface area contributed by atoms with Crippen molar-refractivity contribution in [2.45, 2.75) is 91.4 Å². The van der Waals surface area contributed by atoms with Gasteiger partial charge in [0.25, 0.3) is 0 Å². The van der Waals surface area contributed by atoms with Gasteiger partial charge in [-0.15, -0.1) is 11.8 Å². The van der Waals surface area contributed by atoms with Crippen LogP contribution in [0.1, 0.15) is 86.5 Å². The van der Waals surface area contributed by atoms with E-state index in [4.69, 9.17) is 0 Å². The lowest BCUT2D eigenvalue weighted by Gasteiger charge is -2.45. The molecule has 160 valence electrons. The predicted octanol–water partition coefficient (Wildman–Crippen LogP) is 9.39.